The zero-order valence-corrected chi connectivity index (χ0v) is 10.7. The maximum Gasteiger partial charge on any atom is 0.255 e. The topological polar surface area (TPSA) is 29.0 Å². The number of rotatable bonds is 6. The van der Waals surface area contributed by atoms with Gasteiger partial charge in [-0.2, -0.15) is 0 Å². The first-order valence-corrected chi connectivity index (χ1v) is 6.03. The smallest absolute Gasteiger partial charge is 0.255 e. The Balaban J connectivity index is 2.95. The van der Waals surface area contributed by atoms with E-state index in [1.807, 2.05) is 6.92 Å². The minimum atomic E-state index is -2.40. The van der Waals surface area contributed by atoms with Crippen LogP contribution < -0.4 is 4.90 Å². The third-order valence-corrected chi connectivity index (χ3v) is 2.45. The van der Waals surface area contributed by atoms with Gasteiger partial charge in [0, 0.05) is 24.2 Å². The molecule has 0 saturated carbocycles. The molecule has 17 heavy (non-hydrogen) atoms. The molecule has 1 aromatic heterocycles. The van der Waals surface area contributed by atoms with Crippen LogP contribution in [0, 0.1) is 6.92 Å². The molecule has 6 heteroatoms. The number of aromatic nitrogens is 2. The van der Waals surface area contributed by atoms with E-state index in [0.29, 0.717) is 18.2 Å². The molecule has 0 N–H and O–H groups in total. The summed E-state index contributed by atoms with van der Waals surface area (Å²) in [4.78, 5) is 9.88. The Bertz CT molecular complexity index is 361. The predicted molar refractivity (Wildman–Crippen MR) is 65.1 cm³/mol. The van der Waals surface area contributed by atoms with E-state index in [9.17, 15) is 8.78 Å². The summed E-state index contributed by atoms with van der Waals surface area (Å²) in [6.07, 6.45) is -1.65. The van der Waals surface area contributed by atoms with E-state index in [1.54, 1.807) is 13.0 Å². The van der Waals surface area contributed by atoms with Gasteiger partial charge in [0.15, 0.2) is 0 Å². The summed E-state index contributed by atoms with van der Waals surface area (Å²) < 4.78 is 24.9. The first-order chi connectivity index (χ1) is 8.06. The van der Waals surface area contributed by atoms with Crippen molar-refractivity contribution in [1.82, 2.24) is 9.97 Å². The fraction of sp³-hybridized carbons (Fsp3) is 0.636. The molecule has 0 aliphatic carbocycles. The molecular formula is C11H16ClF2N3. The third kappa shape index (κ3) is 4.42. The Hall–Kier alpha value is -0.970. The van der Waals surface area contributed by atoms with Crippen molar-refractivity contribution in [2.24, 2.45) is 0 Å². The second-order valence-corrected chi connectivity index (χ2v) is 4.02. The van der Waals surface area contributed by atoms with E-state index in [1.165, 1.54) is 4.90 Å². The molecule has 0 saturated heterocycles. The number of nitrogens with zero attached hydrogens (tertiary/aromatic N) is 3. The summed E-state index contributed by atoms with van der Waals surface area (Å²) in [6.45, 7) is 3.71. The summed E-state index contributed by atoms with van der Waals surface area (Å²) in [5.74, 6) is 1.40. The summed E-state index contributed by atoms with van der Waals surface area (Å²) in [7, 11) is 0. The molecule has 0 aliphatic heterocycles. The Morgan fingerprint density at radius 2 is 2.12 bits per heavy atom. The minimum Gasteiger partial charge on any atom is -0.350 e. The number of hydrogen-bond acceptors (Lipinski definition) is 3. The van der Waals surface area contributed by atoms with Crippen LogP contribution in [-0.4, -0.2) is 35.4 Å². The summed E-state index contributed by atoms with van der Waals surface area (Å²) >= 11 is 5.61. The summed E-state index contributed by atoms with van der Waals surface area (Å²) in [6, 6.07) is 1.74. The van der Waals surface area contributed by atoms with Gasteiger partial charge in [0.2, 0.25) is 0 Å². The molecule has 0 aliphatic rings. The molecule has 0 fully saturated rings. The second kappa shape index (κ2) is 6.69. The van der Waals surface area contributed by atoms with Crippen LogP contribution in [0.3, 0.4) is 0 Å². The number of aryl methyl sites for hydroxylation is 2. The standard InChI is InChI=1S/C11H16ClF2N3/c1-3-9-6-11(16-8(2)15-9)17(5-4-12)7-10(13)14/h6,10H,3-5,7H2,1-2H3. The van der Waals surface area contributed by atoms with Crippen LogP contribution >= 0.6 is 11.6 Å². The van der Waals surface area contributed by atoms with Crippen LogP contribution in [0.15, 0.2) is 6.07 Å². The molecular weight excluding hydrogens is 248 g/mol. The normalized spacial score (nSPS) is 10.9. The molecule has 0 amide bonds. The Labute approximate surface area is 105 Å². The molecule has 0 spiro atoms. The summed E-state index contributed by atoms with van der Waals surface area (Å²) in [5, 5.41) is 0. The van der Waals surface area contributed by atoms with Crippen molar-refractivity contribution in [1.29, 1.82) is 0 Å². The number of alkyl halides is 3. The first-order valence-electron chi connectivity index (χ1n) is 5.50. The van der Waals surface area contributed by atoms with Gasteiger partial charge in [-0.05, 0) is 13.3 Å². The number of halogens is 3. The molecule has 1 heterocycles. The fourth-order valence-corrected chi connectivity index (χ4v) is 1.73. The van der Waals surface area contributed by atoms with Crippen LogP contribution in [0.1, 0.15) is 18.4 Å². The highest BCUT2D eigenvalue weighted by Gasteiger charge is 2.14. The van der Waals surface area contributed by atoms with Crippen molar-refractivity contribution >= 4 is 17.4 Å². The highest BCUT2D eigenvalue weighted by atomic mass is 35.5. The minimum absolute atomic E-state index is 0.289. The molecule has 0 radical (unpaired) electrons. The van der Waals surface area contributed by atoms with Crippen LogP contribution in [0.25, 0.3) is 0 Å². The van der Waals surface area contributed by atoms with Crippen molar-refractivity contribution < 1.29 is 8.78 Å². The van der Waals surface area contributed by atoms with E-state index in [2.05, 4.69) is 9.97 Å². The van der Waals surface area contributed by atoms with E-state index in [4.69, 9.17) is 11.6 Å². The number of hydrogen-bond donors (Lipinski definition) is 0. The quantitative estimate of drug-likeness (QED) is 0.739. The lowest BCUT2D eigenvalue weighted by Crippen LogP contribution is -2.31. The Morgan fingerprint density at radius 1 is 1.41 bits per heavy atom. The monoisotopic (exact) mass is 263 g/mol. The Kier molecular flexibility index (Phi) is 5.55. The van der Waals surface area contributed by atoms with Crippen LogP contribution in [-0.2, 0) is 6.42 Å². The molecule has 0 aromatic carbocycles. The van der Waals surface area contributed by atoms with Gasteiger partial charge in [-0.15, -0.1) is 11.6 Å². The zero-order valence-electron chi connectivity index (χ0n) is 9.96. The van der Waals surface area contributed by atoms with Gasteiger partial charge in [0.1, 0.15) is 11.6 Å². The lowest BCUT2D eigenvalue weighted by atomic mass is 10.3. The van der Waals surface area contributed by atoms with E-state index in [-0.39, 0.29) is 12.4 Å². The maximum absolute atomic E-state index is 12.4. The SMILES string of the molecule is CCc1cc(N(CCCl)CC(F)F)nc(C)n1. The van der Waals surface area contributed by atoms with Crippen molar-refractivity contribution in [2.45, 2.75) is 26.7 Å². The molecule has 0 atom stereocenters. The van der Waals surface area contributed by atoms with Crippen molar-refractivity contribution in [3.63, 3.8) is 0 Å². The summed E-state index contributed by atoms with van der Waals surface area (Å²) in [5.41, 5.74) is 0.848. The lowest BCUT2D eigenvalue weighted by Gasteiger charge is -2.22. The van der Waals surface area contributed by atoms with E-state index < -0.39 is 6.43 Å². The first kappa shape index (κ1) is 14.1. The molecule has 0 bridgehead atoms. The second-order valence-electron chi connectivity index (χ2n) is 3.64. The van der Waals surface area contributed by atoms with Crippen LogP contribution in [0.4, 0.5) is 14.6 Å². The molecule has 0 unspecified atom stereocenters. The predicted octanol–water partition coefficient (Wildman–Crippen LogP) is 2.66. The van der Waals surface area contributed by atoms with Crippen LogP contribution in [0.5, 0.6) is 0 Å². The van der Waals surface area contributed by atoms with Crippen molar-refractivity contribution in [3.8, 4) is 0 Å². The highest BCUT2D eigenvalue weighted by Crippen LogP contribution is 2.15. The van der Waals surface area contributed by atoms with E-state index >= 15 is 0 Å². The van der Waals surface area contributed by atoms with Crippen molar-refractivity contribution in [3.05, 3.63) is 17.6 Å². The van der Waals surface area contributed by atoms with Gasteiger partial charge < -0.3 is 4.90 Å². The van der Waals surface area contributed by atoms with Gasteiger partial charge in [-0.3, -0.25) is 0 Å². The average molecular weight is 264 g/mol. The van der Waals surface area contributed by atoms with Crippen LogP contribution in [0.2, 0.25) is 0 Å². The van der Waals surface area contributed by atoms with E-state index in [0.717, 1.165) is 12.1 Å². The van der Waals surface area contributed by atoms with Gasteiger partial charge >= 0.3 is 0 Å². The van der Waals surface area contributed by atoms with Gasteiger partial charge in [-0.25, -0.2) is 18.7 Å². The third-order valence-electron chi connectivity index (χ3n) is 2.28. The van der Waals surface area contributed by atoms with Crippen molar-refractivity contribution in [2.75, 3.05) is 23.9 Å². The van der Waals surface area contributed by atoms with Gasteiger partial charge in [0.05, 0.1) is 6.54 Å². The lowest BCUT2D eigenvalue weighted by molar-refractivity contribution is 0.155. The molecule has 3 nitrogen and oxygen atoms in total. The largest absolute Gasteiger partial charge is 0.350 e. The Morgan fingerprint density at radius 3 is 2.65 bits per heavy atom. The van der Waals surface area contributed by atoms with Gasteiger partial charge in [-0.1, -0.05) is 6.92 Å². The molecule has 1 aromatic rings. The average Bonchev–Trinajstić information content (AvgIpc) is 2.27. The van der Waals surface area contributed by atoms with Gasteiger partial charge in [0.25, 0.3) is 6.43 Å². The molecule has 1 rings (SSSR count). The number of anilines is 1. The highest BCUT2D eigenvalue weighted by molar-refractivity contribution is 6.18. The zero-order chi connectivity index (χ0) is 12.8. The fourth-order valence-electron chi connectivity index (χ4n) is 1.52. The molecule has 96 valence electrons. The maximum atomic E-state index is 12.4.